The molecule has 1 atom stereocenters. The summed E-state index contributed by atoms with van der Waals surface area (Å²) in [6, 6.07) is 10.2. The van der Waals surface area contributed by atoms with Crippen molar-refractivity contribution >= 4 is 6.08 Å². The minimum atomic E-state index is -0.0651. The minimum absolute atomic E-state index is 0.0651. The van der Waals surface area contributed by atoms with Gasteiger partial charge in [-0.05, 0) is 37.6 Å². The highest BCUT2D eigenvalue weighted by Crippen LogP contribution is 2.27. The standard InChI is InChI=1S/C20H23N3O2/c1-14-9-15(2)22-20(21-14)19-12-23(7-8-24-19)11-16-10-17-5-3-4-6-18(17)25-13-16/h3-6,9-10,19H,7-8,11-13H2,1-2H3. The van der Waals surface area contributed by atoms with Crippen molar-refractivity contribution in [3.05, 3.63) is 58.7 Å². The van der Waals surface area contributed by atoms with E-state index < -0.39 is 0 Å². The number of ether oxygens (including phenoxy) is 2. The quantitative estimate of drug-likeness (QED) is 0.862. The Morgan fingerprint density at radius 2 is 1.96 bits per heavy atom. The average Bonchev–Trinajstić information content (AvgIpc) is 2.61. The van der Waals surface area contributed by atoms with Crippen LogP contribution < -0.4 is 4.74 Å². The average molecular weight is 337 g/mol. The molecule has 0 N–H and O–H groups in total. The maximum Gasteiger partial charge on any atom is 0.158 e. The van der Waals surface area contributed by atoms with E-state index in [9.17, 15) is 0 Å². The minimum Gasteiger partial charge on any atom is -0.489 e. The van der Waals surface area contributed by atoms with E-state index in [1.165, 1.54) is 5.57 Å². The fourth-order valence-corrected chi connectivity index (χ4v) is 3.44. The van der Waals surface area contributed by atoms with Crippen LogP contribution >= 0.6 is 0 Å². The molecule has 0 spiro atoms. The lowest BCUT2D eigenvalue weighted by molar-refractivity contribution is -0.0318. The Bertz CT molecular complexity index is 783. The van der Waals surface area contributed by atoms with Crippen LogP contribution in [0.15, 0.2) is 35.9 Å². The summed E-state index contributed by atoms with van der Waals surface area (Å²) in [5, 5.41) is 0. The van der Waals surface area contributed by atoms with E-state index in [-0.39, 0.29) is 6.10 Å². The largest absolute Gasteiger partial charge is 0.489 e. The number of morpholine rings is 1. The van der Waals surface area contributed by atoms with Gasteiger partial charge < -0.3 is 9.47 Å². The third kappa shape index (κ3) is 3.72. The van der Waals surface area contributed by atoms with Gasteiger partial charge >= 0.3 is 0 Å². The molecule has 5 nitrogen and oxygen atoms in total. The molecule has 2 aliphatic heterocycles. The number of nitrogens with zero attached hydrogens (tertiary/aromatic N) is 3. The highest BCUT2D eigenvalue weighted by Gasteiger charge is 2.25. The van der Waals surface area contributed by atoms with Crippen molar-refractivity contribution in [1.82, 2.24) is 14.9 Å². The van der Waals surface area contributed by atoms with Crippen LogP contribution in [0.1, 0.15) is 28.9 Å². The van der Waals surface area contributed by atoms with Gasteiger partial charge in [0.2, 0.25) is 0 Å². The van der Waals surface area contributed by atoms with Crippen LogP contribution in [0.4, 0.5) is 0 Å². The van der Waals surface area contributed by atoms with Crippen molar-refractivity contribution in [2.24, 2.45) is 0 Å². The van der Waals surface area contributed by atoms with E-state index in [4.69, 9.17) is 9.47 Å². The number of aryl methyl sites for hydroxylation is 2. The molecule has 1 fully saturated rings. The lowest BCUT2D eigenvalue weighted by Crippen LogP contribution is -2.40. The highest BCUT2D eigenvalue weighted by molar-refractivity contribution is 5.62. The second-order valence-corrected chi connectivity index (χ2v) is 6.73. The summed E-state index contributed by atoms with van der Waals surface area (Å²) in [6.45, 7) is 7.97. The van der Waals surface area contributed by atoms with E-state index in [1.807, 2.05) is 38.1 Å². The summed E-state index contributed by atoms with van der Waals surface area (Å²) >= 11 is 0. The van der Waals surface area contributed by atoms with Crippen LogP contribution in [0.2, 0.25) is 0 Å². The molecule has 4 rings (SSSR count). The van der Waals surface area contributed by atoms with Crippen molar-refractivity contribution in [3.63, 3.8) is 0 Å². The molecule has 0 saturated carbocycles. The Kier molecular flexibility index (Phi) is 4.51. The predicted molar refractivity (Wildman–Crippen MR) is 96.6 cm³/mol. The molecule has 0 amide bonds. The number of para-hydroxylation sites is 1. The first-order valence-corrected chi connectivity index (χ1v) is 8.75. The molecular formula is C20H23N3O2. The van der Waals surface area contributed by atoms with Gasteiger partial charge in [-0.15, -0.1) is 0 Å². The molecule has 1 saturated heterocycles. The van der Waals surface area contributed by atoms with Gasteiger partial charge in [-0.1, -0.05) is 18.2 Å². The third-order valence-corrected chi connectivity index (χ3v) is 4.56. The zero-order valence-electron chi connectivity index (χ0n) is 14.7. The molecule has 0 bridgehead atoms. The molecule has 2 aliphatic rings. The summed E-state index contributed by atoms with van der Waals surface area (Å²) < 4.78 is 11.8. The fourth-order valence-electron chi connectivity index (χ4n) is 3.44. The van der Waals surface area contributed by atoms with Gasteiger partial charge in [0.15, 0.2) is 5.82 Å². The normalized spacial score (nSPS) is 20.6. The second kappa shape index (κ2) is 6.94. The number of aromatic nitrogens is 2. The van der Waals surface area contributed by atoms with Gasteiger partial charge in [0.05, 0.1) is 6.61 Å². The summed E-state index contributed by atoms with van der Waals surface area (Å²) in [5.74, 6) is 1.76. The first kappa shape index (κ1) is 16.2. The zero-order valence-corrected chi connectivity index (χ0v) is 14.7. The van der Waals surface area contributed by atoms with Gasteiger partial charge in [-0.3, -0.25) is 4.90 Å². The zero-order chi connectivity index (χ0) is 17.2. The molecule has 1 aromatic heterocycles. The van der Waals surface area contributed by atoms with Crippen molar-refractivity contribution in [1.29, 1.82) is 0 Å². The number of benzene rings is 1. The van der Waals surface area contributed by atoms with Crippen LogP contribution in [0.5, 0.6) is 5.75 Å². The lowest BCUT2D eigenvalue weighted by atomic mass is 10.1. The molecule has 25 heavy (non-hydrogen) atoms. The van der Waals surface area contributed by atoms with Gasteiger partial charge in [-0.25, -0.2) is 9.97 Å². The number of fused-ring (bicyclic) bond motifs is 1. The van der Waals surface area contributed by atoms with Crippen LogP contribution in [0.25, 0.3) is 6.08 Å². The fraction of sp³-hybridized carbons (Fsp3) is 0.400. The molecule has 1 aromatic carbocycles. The van der Waals surface area contributed by atoms with Crippen molar-refractivity contribution in [3.8, 4) is 5.75 Å². The maximum absolute atomic E-state index is 5.93. The van der Waals surface area contributed by atoms with Crippen molar-refractivity contribution in [2.75, 3.05) is 32.8 Å². The van der Waals surface area contributed by atoms with Gasteiger partial charge in [-0.2, -0.15) is 0 Å². The highest BCUT2D eigenvalue weighted by atomic mass is 16.5. The summed E-state index contributed by atoms with van der Waals surface area (Å²) in [5.41, 5.74) is 4.43. The molecule has 3 heterocycles. The SMILES string of the molecule is Cc1cc(C)nc(C2CN(CC3=Cc4ccccc4OC3)CCO2)n1. The number of hydrogen-bond acceptors (Lipinski definition) is 5. The Morgan fingerprint density at radius 3 is 2.80 bits per heavy atom. The maximum atomic E-state index is 5.93. The second-order valence-electron chi connectivity index (χ2n) is 6.73. The Hall–Kier alpha value is -2.24. The van der Waals surface area contributed by atoms with Crippen molar-refractivity contribution < 1.29 is 9.47 Å². The summed E-state index contributed by atoms with van der Waals surface area (Å²) in [4.78, 5) is 11.5. The number of hydrogen-bond donors (Lipinski definition) is 0. The van der Waals surface area contributed by atoms with Gasteiger partial charge in [0.25, 0.3) is 0 Å². The van der Waals surface area contributed by atoms with Crippen LogP contribution in [0.3, 0.4) is 0 Å². The van der Waals surface area contributed by atoms with E-state index in [0.29, 0.717) is 13.2 Å². The summed E-state index contributed by atoms with van der Waals surface area (Å²) in [7, 11) is 0. The number of rotatable bonds is 3. The van der Waals surface area contributed by atoms with Crippen LogP contribution in [-0.4, -0.2) is 47.7 Å². The summed E-state index contributed by atoms with van der Waals surface area (Å²) in [6.07, 6.45) is 2.18. The van der Waals surface area contributed by atoms with E-state index in [0.717, 1.165) is 48.2 Å². The third-order valence-electron chi connectivity index (χ3n) is 4.56. The van der Waals surface area contributed by atoms with E-state index in [2.05, 4.69) is 27.0 Å². The Labute approximate surface area is 148 Å². The predicted octanol–water partition coefficient (Wildman–Crippen LogP) is 2.94. The Balaban J connectivity index is 1.46. The van der Waals surface area contributed by atoms with E-state index >= 15 is 0 Å². The molecule has 5 heteroatoms. The lowest BCUT2D eigenvalue weighted by Gasteiger charge is -2.33. The van der Waals surface area contributed by atoms with Gasteiger partial charge in [0.1, 0.15) is 18.5 Å². The van der Waals surface area contributed by atoms with E-state index in [1.54, 1.807) is 0 Å². The monoisotopic (exact) mass is 337 g/mol. The molecule has 2 aromatic rings. The van der Waals surface area contributed by atoms with Gasteiger partial charge in [0, 0.05) is 36.6 Å². The topological polar surface area (TPSA) is 47.5 Å². The first-order valence-electron chi connectivity index (χ1n) is 8.75. The smallest absolute Gasteiger partial charge is 0.158 e. The van der Waals surface area contributed by atoms with Crippen LogP contribution in [-0.2, 0) is 4.74 Å². The molecule has 1 unspecified atom stereocenters. The molecule has 0 aliphatic carbocycles. The van der Waals surface area contributed by atoms with Crippen molar-refractivity contribution in [2.45, 2.75) is 20.0 Å². The Morgan fingerprint density at radius 1 is 1.16 bits per heavy atom. The molecular weight excluding hydrogens is 314 g/mol. The first-order chi connectivity index (χ1) is 12.2. The van der Waals surface area contributed by atoms with Crippen LogP contribution in [0, 0.1) is 13.8 Å². The molecule has 0 radical (unpaired) electrons. The molecule has 130 valence electrons.